The van der Waals surface area contributed by atoms with Crippen molar-refractivity contribution in [2.45, 2.75) is 33.2 Å². The van der Waals surface area contributed by atoms with Crippen molar-refractivity contribution >= 4 is 25.8 Å². The van der Waals surface area contributed by atoms with Gasteiger partial charge in [0.2, 0.25) is 5.71 Å². The number of aliphatic imine (C=N–C) groups is 1. The van der Waals surface area contributed by atoms with Gasteiger partial charge in [-0.1, -0.05) is 50.0 Å². The second-order valence-corrected chi connectivity index (χ2v) is 10.5. The molecule has 0 aromatic heterocycles. The molecule has 0 saturated heterocycles. The fourth-order valence-corrected chi connectivity index (χ4v) is 1.91. The number of ether oxygens (including phenoxy) is 2. The zero-order valence-corrected chi connectivity index (χ0v) is 14.9. The van der Waals surface area contributed by atoms with Gasteiger partial charge in [0.05, 0.1) is 6.61 Å². The minimum absolute atomic E-state index is 0.0841. The average molecular weight is 331 g/mol. The predicted molar refractivity (Wildman–Crippen MR) is 91.8 cm³/mol. The van der Waals surface area contributed by atoms with E-state index in [1.165, 1.54) is 0 Å². The lowest BCUT2D eigenvalue weighted by Crippen LogP contribution is -2.21. The van der Waals surface area contributed by atoms with Crippen LogP contribution in [0.1, 0.15) is 12.5 Å². The highest BCUT2D eigenvalue weighted by atomic mass is 28.3. The minimum Gasteiger partial charge on any atom is -0.461 e. The van der Waals surface area contributed by atoms with Gasteiger partial charge in [0.1, 0.15) is 14.7 Å². The van der Waals surface area contributed by atoms with Crippen molar-refractivity contribution in [1.82, 2.24) is 0 Å². The highest BCUT2D eigenvalue weighted by molar-refractivity contribution is 6.84. The second-order valence-electron chi connectivity index (χ2n) is 5.72. The summed E-state index contributed by atoms with van der Waals surface area (Å²) in [6, 6.07) is 9.21. The molecular formula is C17H21NO4Si. The summed E-state index contributed by atoms with van der Waals surface area (Å²) in [6.45, 7) is 8.02. The maximum absolute atomic E-state index is 11.8. The van der Waals surface area contributed by atoms with Crippen LogP contribution in [0.25, 0.3) is 0 Å². The van der Waals surface area contributed by atoms with E-state index in [-0.39, 0.29) is 18.9 Å². The van der Waals surface area contributed by atoms with Crippen molar-refractivity contribution in [1.29, 1.82) is 0 Å². The van der Waals surface area contributed by atoms with Crippen LogP contribution < -0.4 is 0 Å². The molecule has 0 radical (unpaired) electrons. The molecule has 5 nitrogen and oxygen atoms in total. The standard InChI is InChI=1S/C17H21NO4Si/c1-5-21-16(19)15(11-12-23(2,3)4)18-17(20)22-13-14-9-7-6-8-10-14/h6-10H,5,13H2,1-4H3/b18-15+. The van der Waals surface area contributed by atoms with E-state index in [0.29, 0.717) is 0 Å². The molecule has 0 fully saturated rings. The lowest BCUT2D eigenvalue weighted by molar-refractivity contribution is -0.134. The zero-order chi connectivity index (χ0) is 17.3. The first-order chi connectivity index (χ1) is 10.8. The summed E-state index contributed by atoms with van der Waals surface area (Å²) in [5.41, 5.74) is 3.61. The number of carbonyl (C=O) groups is 2. The quantitative estimate of drug-likeness (QED) is 0.368. The summed E-state index contributed by atoms with van der Waals surface area (Å²) in [5, 5.41) is 0. The molecule has 0 aliphatic heterocycles. The van der Waals surface area contributed by atoms with E-state index < -0.39 is 20.1 Å². The van der Waals surface area contributed by atoms with Gasteiger partial charge >= 0.3 is 12.1 Å². The van der Waals surface area contributed by atoms with Crippen molar-refractivity contribution in [2.75, 3.05) is 6.61 Å². The van der Waals surface area contributed by atoms with Crippen molar-refractivity contribution in [3.8, 4) is 11.5 Å². The average Bonchev–Trinajstić information content (AvgIpc) is 2.49. The van der Waals surface area contributed by atoms with Crippen LogP contribution >= 0.6 is 0 Å². The Morgan fingerprint density at radius 1 is 1.13 bits per heavy atom. The van der Waals surface area contributed by atoms with Crippen molar-refractivity contribution in [2.24, 2.45) is 4.99 Å². The van der Waals surface area contributed by atoms with E-state index in [9.17, 15) is 9.59 Å². The second kappa shape index (κ2) is 8.91. The molecule has 23 heavy (non-hydrogen) atoms. The summed E-state index contributed by atoms with van der Waals surface area (Å²) >= 11 is 0. The van der Waals surface area contributed by atoms with Crippen LogP contribution in [0.5, 0.6) is 0 Å². The monoisotopic (exact) mass is 331 g/mol. The molecule has 0 spiro atoms. The normalized spacial score (nSPS) is 11.2. The number of nitrogens with zero attached hydrogens (tertiary/aromatic N) is 1. The molecule has 0 unspecified atom stereocenters. The van der Waals surface area contributed by atoms with Crippen LogP contribution in [0.15, 0.2) is 35.3 Å². The first-order valence-electron chi connectivity index (χ1n) is 7.31. The number of hydrogen-bond acceptors (Lipinski definition) is 4. The highest BCUT2D eigenvalue weighted by Crippen LogP contribution is 2.02. The van der Waals surface area contributed by atoms with Gasteiger partial charge in [0, 0.05) is 0 Å². The number of amides is 1. The van der Waals surface area contributed by atoms with E-state index in [1.807, 2.05) is 50.0 Å². The molecule has 0 atom stereocenters. The van der Waals surface area contributed by atoms with Gasteiger partial charge in [-0.2, -0.15) is 4.99 Å². The predicted octanol–water partition coefficient (Wildman–Crippen LogP) is 3.21. The van der Waals surface area contributed by atoms with Crippen LogP contribution in [0.2, 0.25) is 19.6 Å². The summed E-state index contributed by atoms with van der Waals surface area (Å²) in [7, 11) is -1.71. The molecule has 6 heteroatoms. The number of esters is 1. The Kier molecular flexibility index (Phi) is 7.22. The lowest BCUT2D eigenvalue weighted by Gasteiger charge is -2.05. The molecule has 1 amide bonds. The Labute approximate surface area is 137 Å². The van der Waals surface area contributed by atoms with Gasteiger partial charge in [-0.15, -0.1) is 5.54 Å². The van der Waals surface area contributed by atoms with E-state index in [0.717, 1.165) is 5.56 Å². The van der Waals surface area contributed by atoms with Gasteiger partial charge in [0.25, 0.3) is 0 Å². The van der Waals surface area contributed by atoms with Crippen LogP contribution in [-0.4, -0.2) is 32.5 Å². The van der Waals surface area contributed by atoms with Gasteiger partial charge in [-0.3, -0.25) is 0 Å². The Balaban J connectivity index is 2.82. The summed E-state index contributed by atoms with van der Waals surface area (Å²) in [6.07, 6.45) is -0.859. The third-order valence-electron chi connectivity index (χ3n) is 2.43. The SMILES string of the molecule is CCOC(=O)/C(C#C[Si](C)(C)C)=N/C(=O)OCc1ccccc1. The molecule has 122 valence electrons. The molecule has 1 rings (SSSR count). The molecular weight excluding hydrogens is 310 g/mol. The third-order valence-corrected chi connectivity index (χ3v) is 3.31. The summed E-state index contributed by atoms with van der Waals surface area (Å²) in [4.78, 5) is 27.3. The molecule has 1 aromatic carbocycles. The summed E-state index contributed by atoms with van der Waals surface area (Å²) < 4.78 is 9.90. The van der Waals surface area contributed by atoms with Gasteiger partial charge in [-0.25, -0.2) is 9.59 Å². The van der Waals surface area contributed by atoms with Crippen molar-refractivity contribution in [3.63, 3.8) is 0 Å². The number of hydrogen-bond donors (Lipinski definition) is 0. The first kappa shape index (κ1) is 18.7. The molecule has 0 heterocycles. The lowest BCUT2D eigenvalue weighted by atomic mass is 10.2. The fourth-order valence-electron chi connectivity index (χ4n) is 1.41. The highest BCUT2D eigenvalue weighted by Gasteiger charge is 2.15. The number of rotatable bonds is 4. The molecule has 0 N–H and O–H groups in total. The first-order valence-corrected chi connectivity index (χ1v) is 10.8. The molecule has 0 aliphatic carbocycles. The van der Waals surface area contributed by atoms with Gasteiger partial charge in [-0.05, 0) is 18.4 Å². The van der Waals surface area contributed by atoms with E-state index >= 15 is 0 Å². The largest absolute Gasteiger partial charge is 0.461 e. The Bertz CT molecular complexity index is 636. The van der Waals surface area contributed by atoms with E-state index in [1.54, 1.807) is 6.92 Å². The Hall–Kier alpha value is -2.39. The van der Waals surface area contributed by atoms with Crippen LogP contribution in [-0.2, 0) is 20.9 Å². The molecule has 1 aromatic rings. The van der Waals surface area contributed by atoms with E-state index in [4.69, 9.17) is 9.47 Å². The van der Waals surface area contributed by atoms with Gasteiger partial charge < -0.3 is 9.47 Å². The van der Waals surface area contributed by atoms with Crippen LogP contribution in [0.3, 0.4) is 0 Å². The van der Waals surface area contributed by atoms with Crippen LogP contribution in [0.4, 0.5) is 4.79 Å². The Morgan fingerprint density at radius 2 is 1.78 bits per heavy atom. The van der Waals surface area contributed by atoms with E-state index in [2.05, 4.69) is 16.5 Å². The molecule has 0 saturated carbocycles. The maximum Gasteiger partial charge on any atom is 0.435 e. The fraction of sp³-hybridized carbons (Fsp3) is 0.353. The van der Waals surface area contributed by atoms with Crippen molar-refractivity contribution < 1.29 is 19.1 Å². The smallest absolute Gasteiger partial charge is 0.435 e. The zero-order valence-electron chi connectivity index (χ0n) is 13.9. The summed E-state index contributed by atoms with van der Waals surface area (Å²) in [5.74, 6) is 1.95. The van der Waals surface area contributed by atoms with Crippen molar-refractivity contribution in [3.05, 3.63) is 35.9 Å². The topological polar surface area (TPSA) is 65.0 Å². The molecule has 0 bridgehead atoms. The Morgan fingerprint density at radius 3 is 2.35 bits per heavy atom. The molecule has 0 aliphatic rings. The van der Waals surface area contributed by atoms with Crippen LogP contribution in [0, 0.1) is 11.5 Å². The minimum atomic E-state index is -1.71. The maximum atomic E-state index is 11.8. The number of benzene rings is 1. The number of carbonyl (C=O) groups excluding carboxylic acids is 2. The van der Waals surface area contributed by atoms with Gasteiger partial charge in [0.15, 0.2) is 0 Å². The third kappa shape index (κ3) is 7.98.